The van der Waals surface area contributed by atoms with Gasteiger partial charge in [0, 0.05) is 6.42 Å². The van der Waals surface area contributed by atoms with Crippen molar-refractivity contribution in [1.29, 1.82) is 0 Å². The summed E-state index contributed by atoms with van der Waals surface area (Å²) in [6.07, 6.45) is 0.781. The first kappa shape index (κ1) is 9.26. The zero-order valence-corrected chi connectivity index (χ0v) is 6.86. The highest BCUT2D eigenvalue weighted by Gasteiger charge is 1.86. The third-order valence-electron chi connectivity index (χ3n) is 1.41. The molecule has 10 heavy (non-hydrogen) atoms. The second kappa shape index (κ2) is 5.08. The Labute approximate surface area is 62.8 Å². The molecule has 0 rings (SSSR count). The molecule has 0 saturated carbocycles. The van der Waals surface area contributed by atoms with Gasteiger partial charge in [-0.15, -0.1) is 0 Å². The van der Waals surface area contributed by atoms with E-state index < -0.39 is 0 Å². The van der Waals surface area contributed by atoms with Gasteiger partial charge in [0.25, 0.3) is 0 Å². The van der Waals surface area contributed by atoms with E-state index in [9.17, 15) is 0 Å². The molecule has 0 unspecified atom stereocenters. The first-order chi connectivity index (χ1) is 4.68. The molecule has 0 aliphatic rings. The summed E-state index contributed by atoms with van der Waals surface area (Å²) in [5.41, 5.74) is 2.60. The molecule has 1 nitrogen and oxygen atoms in total. The van der Waals surface area contributed by atoms with Gasteiger partial charge in [-0.2, -0.15) is 0 Å². The molecule has 0 aromatic heterocycles. The SMILES string of the molecule is CC(C)=C(C)CC#CCO. The normalized spacial score (nSPS) is 8.00. The molecule has 0 bridgehead atoms. The van der Waals surface area contributed by atoms with Gasteiger partial charge in [-0.25, -0.2) is 0 Å². The minimum Gasteiger partial charge on any atom is -0.384 e. The monoisotopic (exact) mass is 138 g/mol. The van der Waals surface area contributed by atoms with Gasteiger partial charge < -0.3 is 5.11 Å². The van der Waals surface area contributed by atoms with Crippen LogP contribution in [0.3, 0.4) is 0 Å². The average Bonchev–Trinajstić information content (AvgIpc) is 1.88. The molecular weight excluding hydrogens is 124 g/mol. The van der Waals surface area contributed by atoms with Gasteiger partial charge in [0.05, 0.1) is 0 Å². The molecule has 0 saturated heterocycles. The smallest absolute Gasteiger partial charge is 0.104 e. The Morgan fingerprint density at radius 2 is 1.80 bits per heavy atom. The molecule has 0 amide bonds. The first-order valence-corrected chi connectivity index (χ1v) is 3.38. The number of hydrogen-bond donors (Lipinski definition) is 1. The van der Waals surface area contributed by atoms with Crippen LogP contribution in [-0.2, 0) is 0 Å². The van der Waals surface area contributed by atoms with Crippen molar-refractivity contribution in [2.45, 2.75) is 27.2 Å². The summed E-state index contributed by atoms with van der Waals surface area (Å²) >= 11 is 0. The number of allylic oxidation sites excluding steroid dienone is 2. The molecule has 1 heteroatoms. The van der Waals surface area contributed by atoms with Gasteiger partial charge in [-0.3, -0.25) is 0 Å². The molecule has 1 N–H and O–H groups in total. The second-order valence-electron chi connectivity index (χ2n) is 2.47. The number of hydrogen-bond acceptors (Lipinski definition) is 1. The van der Waals surface area contributed by atoms with Crippen LogP contribution in [0, 0.1) is 11.8 Å². The van der Waals surface area contributed by atoms with Gasteiger partial charge in [-0.1, -0.05) is 23.0 Å². The van der Waals surface area contributed by atoms with Crippen molar-refractivity contribution < 1.29 is 5.11 Å². The minimum atomic E-state index is -0.0317. The van der Waals surface area contributed by atoms with Crippen molar-refractivity contribution in [3.63, 3.8) is 0 Å². The minimum absolute atomic E-state index is 0.0317. The van der Waals surface area contributed by atoms with Crippen molar-refractivity contribution in [3.05, 3.63) is 11.1 Å². The van der Waals surface area contributed by atoms with Gasteiger partial charge in [0.2, 0.25) is 0 Å². The zero-order valence-electron chi connectivity index (χ0n) is 6.86. The Morgan fingerprint density at radius 3 is 2.20 bits per heavy atom. The third-order valence-corrected chi connectivity index (χ3v) is 1.41. The Balaban J connectivity index is 3.81. The second-order valence-corrected chi connectivity index (χ2v) is 2.47. The van der Waals surface area contributed by atoms with E-state index in [1.165, 1.54) is 11.1 Å². The van der Waals surface area contributed by atoms with Crippen LogP contribution in [0.2, 0.25) is 0 Å². The van der Waals surface area contributed by atoms with E-state index in [2.05, 4.69) is 32.6 Å². The number of aliphatic hydroxyl groups is 1. The molecule has 0 atom stereocenters. The van der Waals surface area contributed by atoms with Crippen molar-refractivity contribution in [3.8, 4) is 11.8 Å². The summed E-state index contributed by atoms with van der Waals surface area (Å²) in [6.45, 7) is 6.16. The lowest BCUT2D eigenvalue weighted by Crippen LogP contribution is -1.78. The highest BCUT2D eigenvalue weighted by Crippen LogP contribution is 2.04. The standard InChI is InChI=1S/C9H14O/c1-8(2)9(3)6-4-5-7-10/h10H,6-7H2,1-3H3. The predicted molar refractivity (Wildman–Crippen MR) is 43.5 cm³/mol. The Bertz CT molecular complexity index is 175. The van der Waals surface area contributed by atoms with Crippen molar-refractivity contribution in [2.75, 3.05) is 6.61 Å². The molecule has 0 radical (unpaired) electrons. The highest BCUT2D eigenvalue weighted by atomic mass is 16.2. The Hall–Kier alpha value is -0.740. The van der Waals surface area contributed by atoms with Crippen LogP contribution in [0.4, 0.5) is 0 Å². The molecule has 0 spiro atoms. The predicted octanol–water partition coefficient (Wildman–Crippen LogP) is 1.73. The molecule has 0 aromatic carbocycles. The van der Waals surface area contributed by atoms with E-state index in [1.54, 1.807) is 0 Å². The molecule has 56 valence electrons. The van der Waals surface area contributed by atoms with Crippen molar-refractivity contribution in [1.82, 2.24) is 0 Å². The van der Waals surface area contributed by atoms with Crippen LogP contribution < -0.4 is 0 Å². The molecule has 0 fully saturated rings. The number of rotatable bonds is 1. The molecular formula is C9H14O. The fraction of sp³-hybridized carbons (Fsp3) is 0.556. The summed E-state index contributed by atoms with van der Waals surface area (Å²) in [4.78, 5) is 0. The lowest BCUT2D eigenvalue weighted by molar-refractivity contribution is 0.350. The van der Waals surface area contributed by atoms with Gasteiger partial charge >= 0.3 is 0 Å². The third kappa shape index (κ3) is 4.17. The maximum Gasteiger partial charge on any atom is 0.104 e. The molecule has 0 aromatic rings. The summed E-state index contributed by atoms with van der Waals surface area (Å²) in [7, 11) is 0. The maximum atomic E-state index is 8.33. The fourth-order valence-electron chi connectivity index (χ4n) is 0.428. The Kier molecular flexibility index (Phi) is 4.70. The highest BCUT2D eigenvalue weighted by molar-refractivity contribution is 5.15. The summed E-state index contributed by atoms with van der Waals surface area (Å²) in [5.74, 6) is 5.46. The van der Waals surface area contributed by atoms with Crippen LogP contribution in [0.25, 0.3) is 0 Å². The summed E-state index contributed by atoms with van der Waals surface area (Å²) in [5, 5.41) is 8.33. The molecule has 0 aliphatic heterocycles. The zero-order chi connectivity index (χ0) is 7.98. The van der Waals surface area contributed by atoms with Crippen molar-refractivity contribution in [2.24, 2.45) is 0 Å². The lowest BCUT2D eigenvalue weighted by Gasteiger charge is -1.95. The van der Waals surface area contributed by atoms with E-state index in [4.69, 9.17) is 5.11 Å². The maximum absolute atomic E-state index is 8.33. The van der Waals surface area contributed by atoms with Gasteiger partial charge in [-0.05, 0) is 20.8 Å². The van der Waals surface area contributed by atoms with Gasteiger partial charge in [0.15, 0.2) is 0 Å². The van der Waals surface area contributed by atoms with E-state index in [-0.39, 0.29) is 6.61 Å². The summed E-state index contributed by atoms with van der Waals surface area (Å²) in [6, 6.07) is 0. The van der Waals surface area contributed by atoms with E-state index in [0.717, 1.165) is 6.42 Å². The van der Waals surface area contributed by atoms with Gasteiger partial charge in [0.1, 0.15) is 6.61 Å². The van der Waals surface area contributed by atoms with E-state index >= 15 is 0 Å². The largest absolute Gasteiger partial charge is 0.384 e. The van der Waals surface area contributed by atoms with Crippen molar-refractivity contribution >= 4 is 0 Å². The number of aliphatic hydroxyl groups excluding tert-OH is 1. The van der Waals surface area contributed by atoms with Crippen LogP contribution in [0.5, 0.6) is 0 Å². The molecule has 0 heterocycles. The van der Waals surface area contributed by atoms with Crippen LogP contribution in [0.15, 0.2) is 11.1 Å². The van der Waals surface area contributed by atoms with Crippen LogP contribution in [-0.4, -0.2) is 11.7 Å². The quantitative estimate of drug-likeness (QED) is 0.432. The molecule has 0 aliphatic carbocycles. The van der Waals surface area contributed by atoms with Crippen LogP contribution in [0.1, 0.15) is 27.2 Å². The Morgan fingerprint density at radius 1 is 1.20 bits per heavy atom. The average molecular weight is 138 g/mol. The topological polar surface area (TPSA) is 20.2 Å². The van der Waals surface area contributed by atoms with E-state index in [1.807, 2.05) is 0 Å². The first-order valence-electron chi connectivity index (χ1n) is 3.38. The van der Waals surface area contributed by atoms with Crippen LogP contribution >= 0.6 is 0 Å². The van der Waals surface area contributed by atoms with E-state index in [0.29, 0.717) is 0 Å². The summed E-state index contributed by atoms with van der Waals surface area (Å²) < 4.78 is 0. The lowest BCUT2D eigenvalue weighted by atomic mass is 10.1. The fourth-order valence-corrected chi connectivity index (χ4v) is 0.428.